The second kappa shape index (κ2) is 5.47. The molecule has 2 aromatic rings. The van der Waals surface area contributed by atoms with E-state index in [0.717, 1.165) is 17.4 Å². The molecule has 1 heterocycles. The zero-order valence-corrected chi connectivity index (χ0v) is 12.1. The van der Waals surface area contributed by atoms with E-state index < -0.39 is 11.6 Å². The monoisotopic (exact) mass is 331 g/mol. The topological polar surface area (TPSA) is 26.0 Å². The van der Waals surface area contributed by atoms with Gasteiger partial charge in [-0.1, -0.05) is 6.92 Å². The van der Waals surface area contributed by atoms with Crippen molar-refractivity contribution in [3.63, 3.8) is 0 Å². The molecule has 0 fully saturated rings. The molecule has 0 radical (unpaired) electrons. The van der Waals surface area contributed by atoms with E-state index in [2.05, 4.69) is 15.9 Å². The first-order chi connectivity index (χ1) is 8.52. The summed E-state index contributed by atoms with van der Waals surface area (Å²) >= 11 is 4.36. The Balaban J connectivity index is 2.43. The first kappa shape index (κ1) is 13.6. The highest BCUT2D eigenvalue weighted by Gasteiger charge is 2.14. The third kappa shape index (κ3) is 2.63. The van der Waals surface area contributed by atoms with Crippen molar-refractivity contribution in [2.24, 2.45) is 5.73 Å². The minimum atomic E-state index is -0.471. The van der Waals surface area contributed by atoms with Gasteiger partial charge in [-0.15, -0.1) is 11.3 Å². The van der Waals surface area contributed by atoms with E-state index in [1.54, 1.807) is 6.07 Å². The minimum absolute atomic E-state index is 0.0490. The van der Waals surface area contributed by atoms with Crippen molar-refractivity contribution in [3.05, 3.63) is 45.2 Å². The summed E-state index contributed by atoms with van der Waals surface area (Å²) in [4.78, 5) is 1.67. The number of thiophene rings is 1. The number of benzene rings is 1. The van der Waals surface area contributed by atoms with Gasteiger partial charge in [0.2, 0.25) is 0 Å². The third-order valence-corrected chi connectivity index (χ3v) is 4.57. The molecule has 1 unspecified atom stereocenters. The minimum Gasteiger partial charge on any atom is -0.323 e. The molecule has 5 heteroatoms. The number of halogens is 3. The van der Waals surface area contributed by atoms with E-state index in [1.165, 1.54) is 17.4 Å². The summed E-state index contributed by atoms with van der Waals surface area (Å²) in [5, 5.41) is 0. The van der Waals surface area contributed by atoms with E-state index in [4.69, 9.17) is 5.73 Å². The van der Waals surface area contributed by atoms with Crippen molar-refractivity contribution in [2.45, 2.75) is 19.4 Å². The van der Waals surface area contributed by atoms with Crippen LogP contribution in [0.15, 0.2) is 28.7 Å². The van der Waals surface area contributed by atoms with Crippen LogP contribution in [0.4, 0.5) is 8.78 Å². The van der Waals surface area contributed by atoms with Gasteiger partial charge in [0.15, 0.2) is 0 Å². The average Bonchev–Trinajstić information content (AvgIpc) is 2.82. The molecule has 0 aliphatic rings. The number of hydrogen-bond donors (Lipinski definition) is 1. The van der Waals surface area contributed by atoms with Crippen LogP contribution in [0.25, 0.3) is 10.4 Å². The van der Waals surface area contributed by atoms with Gasteiger partial charge in [-0.2, -0.15) is 0 Å². The summed E-state index contributed by atoms with van der Waals surface area (Å²) in [6.07, 6.45) is 0.817. The molecule has 1 aromatic heterocycles. The van der Waals surface area contributed by atoms with Crippen molar-refractivity contribution in [3.8, 4) is 10.4 Å². The summed E-state index contributed by atoms with van der Waals surface area (Å²) in [6.45, 7) is 1.99. The molecule has 18 heavy (non-hydrogen) atoms. The maximum Gasteiger partial charge on any atom is 0.138 e. The van der Waals surface area contributed by atoms with Crippen LogP contribution >= 0.6 is 27.3 Å². The molecule has 96 valence electrons. The lowest BCUT2D eigenvalue weighted by molar-refractivity contribution is 0.597. The first-order valence-electron chi connectivity index (χ1n) is 5.53. The molecule has 0 saturated heterocycles. The van der Waals surface area contributed by atoms with Crippen LogP contribution in [0, 0.1) is 11.6 Å². The molecule has 0 aliphatic heterocycles. The molecule has 2 rings (SSSR count). The Bertz CT molecular complexity index is 568. The Morgan fingerprint density at radius 2 is 2.00 bits per heavy atom. The molecular weight excluding hydrogens is 320 g/mol. The predicted octanol–water partition coefficient (Wildman–Crippen LogP) is 4.87. The SMILES string of the molecule is CCC(N)c1ccc(-c2cc(F)c(Br)cc2F)s1. The van der Waals surface area contributed by atoms with Gasteiger partial charge in [0.25, 0.3) is 0 Å². The Hall–Kier alpha value is -0.780. The summed E-state index contributed by atoms with van der Waals surface area (Å²) < 4.78 is 27.4. The van der Waals surface area contributed by atoms with Crippen molar-refractivity contribution in [2.75, 3.05) is 0 Å². The number of rotatable bonds is 3. The lowest BCUT2D eigenvalue weighted by Gasteiger charge is -2.05. The highest BCUT2D eigenvalue weighted by molar-refractivity contribution is 9.10. The molecule has 0 aliphatic carbocycles. The predicted molar refractivity (Wildman–Crippen MR) is 74.6 cm³/mol. The number of hydrogen-bond acceptors (Lipinski definition) is 2. The second-order valence-electron chi connectivity index (χ2n) is 3.96. The van der Waals surface area contributed by atoms with Crippen LogP contribution in [0.3, 0.4) is 0 Å². The van der Waals surface area contributed by atoms with Crippen LogP contribution in [0.1, 0.15) is 24.3 Å². The highest BCUT2D eigenvalue weighted by atomic mass is 79.9. The summed E-state index contributed by atoms with van der Waals surface area (Å²) in [6, 6.07) is 5.94. The van der Waals surface area contributed by atoms with Gasteiger partial charge in [-0.25, -0.2) is 8.78 Å². The van der Waals surface area contributed by atoms with Gasteiger partial charge in [-0.05, 0) is 46.6 Å². The lowest BCUT2D eigenvalue weighted by atomic mass is 10.1. The maximum absolute atomic E-state index is 13.8. The van der Waals surface area contributed by atoms with E-state index in [0.29, 0.717) is 4.88 Å². The highest BCUT2D eigenvalue weighted by Crippen LogP contribution is 2.34. The molecular formula is C13H12BrF2NS. The molecule has 0 bridgehead atoms. The Labute approximate surface area is 117 Å². The van der Waals surface area contributed by atoms with Crippen molar-refractivity contribution < 1.29 is 8.78 Å². The van der Waals surface area contributed by atoms with Crippen LogP contribution < -0.4 is 5.73 Å². The maximum atomic E-state index is 13.8. The van der Waals surface area contributed by atoms with Crippen molar-refractivity contribution in [1.29, 1.82) is 0 Å². The van der Waals surface area contributed by atoms with Gasteiger partial charge >= 0.3 is 0 Å². The van der Waals surface area contributed by atoms with Crippen molar-refractivity contribution >= 4 is 27.3 Å². The van der Waals surface area contributed by atoms with Crippen LogP contribution in [-0.2, 0) is 0 Å². The quantitative estimate of drug-likeness (QED) is 0.798. The first-order valence-corrected chi connectivity index (χ1v) is 7.14. The van der Waals surface area contributed by atoms with Crippen LogP contribution in [0.5, 0.6) is 0 Å². The van der Waals surface area contributed by atoms with E-state index >= 15 is 0 Å². The summed E-state index contributed by atoms with van der Waals surface area (Å²) in [7, 11) is 0. The Morgan fingerprint density at radius 3 is 2.67 bits per heavy atom. The molecule has 2 N–H and O–H groups in total. The van der Waals surface area contributed by atoms with Crippen LogP contribution in [0.2, 0.25) is 0 Å². The molecule has 0 amide bonds. The van der Waals surface area contributed by atoms with E-state index in [-0.39, 0.29) is 16.1 Å². The molecule has 1 atom stereocenters. The zero-order valence-electron chi connectivity index (χ0n) is 9.71. The van der Waals surface area contributed by atoms with Gasteiger partial charge in [0.05, 0.1) is 4.47 Å². The number of nitrogens with two attached hydrogens (primary N) is 1. The standard InChI is InChI=1S/C13H12BrF2NS/c1-2-11(17)13-4-3-12(18-13)7-5-10(16)8(14)6-9(7)15/h3-6,11H,2,17H2,1H3. The fourth-order valence-electron chi connectivity index (χ4n) is 1.61. The zero-order chi connectivity index (χ0) is 13.3. The molecule has 0 spiro atoms. The van der Waals surface area contributed by atoms with E-state index in [1.807, 2.05) is 13.0 Å². The third-order valence-electron chi connectivity index (χ3n) is 2.71. The summed E-state index contributed by atoms with van der Waals surface area (Å²) in [5.74, 6) is -0.914. The van der Waals surface area contributed by atoms with Gasteiger partial charge in [-0.3, -0.25) is 0 Å². The van der Waals surface area contributed by atoms with Crippen LogP contribution in [-0.4, -0.2) is 0 Å². The molecule has 1 aromatic carbocycles. The fraction of sp³-hybridized carbons (Fsp3) is 0.231. The smallest absolute Gasteiger partial charge is 0.138 e. The van der Waals surface area contributed by atoms with Gasteiger partial charge in [0, 0.05) is 21.4 Å². The Kier molecular flexibility index (Phi) is 4.14. The summed E-state index contributed by atoms with van der Waals surface area (Å²) in [5.41, 5.74) is 6.19. The largest absolute Gasteiger partial charge is 0.323 e. The normalized spacial score (nSPS) is 12.7. The average molecular weight is 332 g/mol. The molecule has 0 saturated carbocycles. The van der Waals surface area contributed by atoms with E-state index in [9.17, 15) is 8.78 Å². The van der Waals surface area contributed by atoms with Gasteiger partial charge in [0.1, 0.15) is 11.6 Å². The van der Waals surface area contributed by atoms with Crippen molar-refractivity contribution in [1.82, 2.24) is 0 Å². The Morgan fingerprint density at radius 1 is 1.28 bits per heavy atom. The van der Waals surface area contributed by atoms with Gasteiger partial charge < -0.3 is 5.73 Å². The lowest BCUT2D eigenvalue weighted by Crippen LogP contribution is -2.05. The second-order valence-corrected chi connectivity index (χ2v) is 5.93. The molecule has 1 nitrogen and oxygen atoms in total. The fourth-order valence-corrected chi connectivity index (χ4v) is 3.04.